The van der Waals surface area contributed by atoms with Crippen LogP contribution in [-0.4, -0.2) is 66.1 Å². The van der Waals surface area contributed by atoms with E-state index < -0.39 is 22.8 Å². The van der Waals surface area contributed by atoms with Gasteiger partial charge in [-0.2, -0.15) is 10.2 Å². The third kappa shape index (κ3) is 6.92. The molecule has 0 N–H and O–H groups in total. The Morgan fingerprint density at radius 3 is 2.37 bits per heavy atom. The minimum Gasteiger partial charge on any atom is -0.476 e. The Hall–Kier alpha value is -3.82. The Bertz CT molecular complexity index is 1500. The average molecular weight is 587 g/mol. The molecule has 0 spiro atoms. The second kappa shape index (κ2) is 12.4. The predicted molar refractivity (Wildman–Crippen MR) is 157 cm³/mol. The number of rotatable bonds is 10. The zero-order chi connectivity index (χ0) is 30.7. The molecule has 0 unspecified atom stereocenters. The van der Waals surface area contributed by atoms with Crippen molar-refractivity contribution >= 4 is 45.9 Å². The second-order valence-corrected chi connectivity index (χ2v) is 10.8. The SMILES string of the molecule is CCc1nc(OCCN(C)C)c2cc(N(C(=S)N(C)c3ccc(C#N)c(C(C)(F)F)c3)C(C)(C)C=O)cc(F)c2n1. The van der Waals surface area contributed by atoms with Gasteiger partial charge in [-0.25, -0.2) is 18.2 Å². The highest BCUT2D eigenvalue weighted by molar-refractivity contribution is 7.80. The summed E-state index contributed by atoms with van der Waals surface area (Å²) in [5.41, 5.74) is -1.40. The molecule has 0 radical (unpaired) electrons. The Morgan fingerprint density at radius 1 is 1.12 bits per heavy atom. The van der Waals surface area contributed by atoms with Crippen molar-refractivity contribution in [2.75, 3.05) is 44.1 Å². The molecule has 0 atom stereocenters. The molecule has 0 aliphatic heterocycles. The molecule has 0 bridgehead atoms. The van der Waals surface area contributed by atoms with E-state index in [1.54, 1.807) is 33.0 Å². The summed E-state index contributed by atoms with van der Waals surface area (Å²) >= 11 is 5.76. The van der Waals surface area contributed by atoms with Gasteiger partial charge in [0.2, 0.25) is 5.88 Å². The van der Waals surface area contributed by atoms with Crippen LogP contribution in [0.5, 0.6) is 5.88 Å². The fraction of sp³-hybridized carbons (Fsp3) is 0.414. The number of nitrogens with zero attached hydrogens (tertiary/aromatic N) is 6. The molecule has 41 heavy (non-hydrogen) atoms. The monoisotopic (exact) mass is 586 g/mol. The lowest BCUT2D eigenvalue weighted by molar-refractivity contribution is -0.111. The van der Waals surface area contributed by atoms with Crippen LogP contribution in [0, 0.1) is 17.1 Å². The summed E-state index contributed by atoms with van der Waals surface area (Å²) in [5, 5.41) is 9.63. The average Bonchev–Trinajstić information content (AvgIpc) is 2.91. The van der Waals surface area contributed by atoms with Crippen LogP contribution >= 0.6 is 12.2 Å². The number of nitriles is 1. The van der Waals surface area contributed by atoms with Crippen molar-refractivity contribution in [1.29, 1.82) is 5.26 Å². The van der Waals surface area contributed by atoms with Crippen LogP contribution in [0.4, 0.5) is 24.5 Å². The van der Waals surface area contributed by atoms with Crippen LogP contribution in [0.25, 0.3) is 10.9 Å². The first-order valence-corrected chi connectivity index (χ1v) is 13.3. The number of ether oxygens (including phenoxy) is 1. The van der Waals surface area contributed by atoms with Gasteiger partial charge in [-0.1, -0.05) is 6.92 Å². The summed E-state index contributed by atoms with van der Waals surface area (Å²) in [5.74, 6) is -3.35. The van der Waals surface area contributed by atoms with Gasteiger partial charge in [-0.3, -0.25) is 0 Å². The Balaban J connectivity index is 2.18. The third-order valence-corrected chi connectivity index (χ3v) is 6.88. The fourth-order valence-corrected chi connectivity index (χ4v) is 4.57. The number of carbonyl (C=O) groups is 1. The first kappa shape index (κ1) is 31.7. The molecule has 0 amide bonds. The van der Waals surface area contributed by atoms with Crippen LogP contribution in [-0.2, 0) is 17.1 Å². The molecule has 3 aromatic rings. The third-order valence-electron chi connectivity index (χ3n) is 6.43. The fourth-order valence-electron chi connectivity index (χ4n) is 4.12. The molecule has 0 aliphatic rings. The van der Waals surface area contributed by atoms with Crippen LogP contribution in [0.1, 0.15) is 44.6 Å². The maximum Gasteiger partial charge on any atom is 0.271 e. The molecule has 3 rings (SSSR count). The number of alkyl halides is 2. The van der Waals surface area contributed by atoms with Gasteiger partial charge < -0.3 is 24.2 Å². The molecule has 0 saturated carbocycles. The van der Waals surface area contributed by atoms with Gasteiger partial charge in [0.15, 0.2) is 10.9 Å². The van der Waals surface area contributed by atoms with E-state index in [-0.39, 0.29) is 33.4 Å². The van der Waals surface area contributed by atoms with Crippen molar-refractivity contribution in [2.45, 2.75) is 45.6 Å². The number of aromatic nitrogens is 2. The quantitative estimate of drug-likeness (QED) is 0.227. The summed E-state index contributed by atoms with van der Waals surface area (Å²) in [7, 11) is 5.33. The lowest BCUT2D eigenvalue weighted by Gasteiger charge is -2.40. The Morgan fingerprint density at radius 2 is 1.80 bits per heavy atom. The maximum atomic E-state index is 15.7. The number of likely N-dealkylation sites (N-methyl/N-ethyl adjacent to an activating group) is 1. The summed E-state index contributed by atoms with van der Waals surface area (Å²) in [4.78, 5) is 25.9. The topological polar surface area (TPSA) is 85.6 Å². The normalized spacial score (nSPS) is 11.9. The van der Waals surface area contributed by atoms with Crippen LogP contribution in [0.15, 0.2) is 30.3 Å². The van der Waals surface area contributed by atoms with Gasteiger partial charge in [0.1, 0.15) is 24.2 Å². The zero-order valence-electron chi connectivity index (χ0n) is 24.1. The van der Waals surface area contributed by atoms with E-state index in [1.807, 2.05) is 25.9 Å². The van der Waals surface area contributed by atoms with E-state index in [2.05, 4.69) is 9.97 Å². The predicted octanol–water partition coefficient (Wildman–Crippen LogP) is 5.46. The van der Waals surface area contributed by atoms with E-state index in [1.165, 1.54) is 34.1 Å². The van der Waals surface area contributed by atoms with Crippen LogP contribution in [0.3, 0.4) is 0 Å². The number of aryl methyl sites for hydroxylation is 1. The van der Waals surface area contributed by atoms with Gasteiger partial charge in [-0.15, -0.1) is 0 Å². The molecule has 2 aromatic carbocycles. The first-order valence-electron chi connectivity index (χ1n) is 12.9. The summed E-state index contributed by atoms with van der Waals surface area (Å²) < 4.78 is 50.2. The van der Waals surface area contributed by atoms with Gasteiger partial charge in [0.05, 0.1) is 22.6 Å². The van der Waals surface area contributed by atoms with Crippen molar-refractivity contribution in [3.05, 3.63) is 53.1 Å². The van der Waals surface area contributed by atoms with Crippen molar-refractivity contribution in [1.82, 2.24) is 14.9 Å². The highest BCUT2D eigenvalue weighted by Gasteiger charge is 2.34. The van der Waals surface area contributed by atoms with Crippen LogP contribution < -0.4 is 14.5 Å². The highest BCUT2D eigenvalue weighted by atomic mass is 32.1. The molecular weight excluding hydrogens is 553 g/mol. The van der Waals surface area contributed by atoms with Crippen molar-refractivity contribution in [3.63, 3.8) is 0 Å². The Labute approximate surface area is 243 Å². The maximum absolute atomic E-state index is 15.7. The van der Waals surface area contributed by atoms with Gasteiger partial charge >= 0.3 is 0 Å². The number of fused-ring (bicyclic) bond motifs is 1. The lowest BCUT2D eigenvalue weighted by Crippen LogP contribution is -2.54. The molecular formula is C29H33F3N6O2S. The molecule has 0 fully saturated rings. The standard InChI is InChI=1S/C29H33F3N6O2S/c1-8-24-34-25-21(26(35-24)40-12-11-36(5)6)13-20(15-23(25)30)38(28(2,3)17-39)27(41)37(7)19-10-9-18(16-33)22(14-19)29(4,31)32/h9-10,13-15,17H,8,11-12H2,1-7H3. The lowest BCUT2D eigenvalue weighted by atomic mass is 10.0. The Kier molecular flexibility index (Phi) is 9.56. The molecule has 1 heterocycles. The molecule has 8 nitrogen and oxygen atoms in total. The minimum atomic E-state index is -3.28. The zero-order valence-corrected chi connectivity index (χ0v) is 24.9. The van der Waals surface area contributed by atoms with E-state index in [9.17, 15) is 18.8 Å². The number of benzene rings is 2. The second-order valence-electron chi connectivity index (χ2n) is 10.5. The molecule has 0 saturated heterocycles. The highest BCUT2D eigenvalue weighted by Crippen LogP contribution is 2.36. The molecule has 218 valence electrons. The van der Waals surface area contributed by atoms with E-state index in [4.69, 9.17) is 17.0 Å². The van der Waals surface area contributed by atoms with Gasteiger partial charge in [0, 0.05) is 43.9 Å². The van der Waals surface area contributed by atoms with Crippen molar-refractivity contribution in [3.8, 4) is 11.9 Å². The molecule has 12 heteroatoms. The van der Waals surface area contributed by atoms with Crippen LogP contribution in [0.2, 0.25) is 0 Å². The number of hydrogen-bond donors (Lipinski definition) is 0. The van der Waals surface area contributed by atoms with Crippen molar-refractivity contribution in [2.24, 2.45) is 0 Å². The largest absolute Gasteiger partial charge is 0.476 e. The number of thiocarbonyl (C=S) groups is 1. The number of hydrogen-bond acceptors (Lipinski definition) is 7. The minimum absolute atomic E-state index is 0.0251. The van der Waals surface area contributed by atoms with Gasteiger partial charge in [0.25, 0.3) is 5.92 Å². The number of anilines is 2. The summed E-state index contributed by atoms with van der Waals surface area (Å²) in [6.07, 6.45) is 1.12. The number of carbonyl (C=O) groups excluding carboxylic acids is 1. The number of aldehydes is 1. The smallest absolute Gasteiger partial charge is 0.271 e. The van der Waals surface area contributed by atoms with E-state index in [0.29, 0.717) is 44.0 Å². The van der Waals surface area contributed by atoms with E-state index >= 15 is 4.39 Å². The molecule has 0 aliphatic carbocycles. The molecule has 1 aromatic heterocycles. The van der Waals surface area contributed by atoms with Crippen molar-refractivity contribution < 1.29 is 22.7 Å². The number of halogens is 3. The first-order chi connectivity index (χ1) is 19.1. The summed E-state index contributed by atoms with van der Waals surface area (Å²) in [6, 6.07) is 8.53. The summed E-state index contributed by atoms with van der Waals surface area (Å²) in [6.45, 7) is 6.63. The van der Waals surface area contributed by atoms with Gasteiger partial charge in [-0.05, 0) is 70.5 Å². The van der Waals surface area contributed by atoms with E-state index in [0.717, 1.165) is 0 Å².